The lowest BCUT2D eigenvalue weighted by Gasteiger charge is -2.39. The highest BCUT2D eigenvalue weighted by Gasteiger charge is 2.36. The number of likely N-dealkylation sites (tertiary alicyclic amines) is 1. The third-order valence-corrected chi connectivity index (χ3v) is 4.38. The van der Waals surface area contributed by atoms with Crippen molar-refractivity contribution < 1.29 is 19.4 Å². The van der Waals surface area contributed by atoms with E-state index in [2.05, 4.69) is 5.32 Å². The second-order valence-electron chi connectivity index (χ2n) is 5.84. The second-order valence-corrected chi connectivity index (χ2v) is 5.84. The van der Waals surface area contributed by atoms with E-state index < -0.39 is 5.54 Å². The van der Waals surface area contributed by atoms with Crippen LogP contribution in [0.15, 0.2) is 0 Å². The van der Waals surface area contributed by atoms with Gasteiger partial charge < -0.3 is 20.1 Å². The van der Waals surface area contributed by atoms with Crippen molar-refractivity contribution in [3.05, 3.63) is 0 Å². The number of hydrogen-bond donors (Lipinski definition) is 2. The van der Waals surface area contributed by atoms with Gasteiger partial charge in [0.1, 0.15) is 0 Å². The lowest BCUT2D eigenvalue weighted by Crippen LogP contribution is -2.57. The molecule has 2 rings (SSSR count). The van der Waals surface area contributed by atoms with Gasteiger partial charge in [-0.15, -0.1) is 0 Å². The van der Waals surface area contributed by atoms with E-state index in [9.17, 15) is 14.7 Å². The van der Waals surface area contributed by atoms with E-state index in [0.29, 0.717) is 32.6 Å². The Morgan fingerprint density at radius 2 is 2.10 bits per heavy atom. The minimum absolute atomic E-state index is 0.0189. The molecule has 2 aliphatic heterocycles. The summed E-state index contributed by atoms with van der Waals surface area (Å²) in [6.45, 7) is 3.81. The zero-order valence-electron chi connectivity index (χ0n) is 12.1. The maximum atomic E-state index is 12.4. The molecule has 0 aromatic heterocycles. The monoisotopic (exact) mass is 284 g/mol. The molecule has 1 atom stereocenters. The molecule has 20 heavy (non-hydrogen) atoms. The maximum Gasteiger partial charge on any atom is 0.225 e. The SMILES string of the molecule is CC(=O)N1CCCC(C(=O)NC2(CO)CCOCC2)C1. The van der Waals surface area contributed by atoms with Gasteiger partial charge in [-0.1, -0.05) is 0 Å². The number of nitrogens with zero attached hydrogens (tertiary/aromatic N) is 1. The van der Waals surface area contributed by atoms with Crippen LogP contribution in [0.25, 0.3) is 0 Å². The summed E-state index contributed by atoms with van der Waals surface area (Å²) in [4.78, 5) is 25.5. The molecule has 2 fully saturated rings. The number of hydrogen-bond acceptors (Lipinski definition) is 4. The average Bonchev–Trinajstić information content (AvgIpc) is 2.48. The van der Waals surface area contributed by atoms with Crippen LogP contribution in [-0.4, -0.2) is 60.3 Å². The van der Waals surface area contributed by atoms with Gasteiger partial charge in [0.15, 0.2) is 0 Å². The van der Waals surface area contributed by atoms with Crippen molar-refractivity contribution in [1.82, 2.24) is 10.2 Å². The highest BCUT2D eigenvalue weighted by molar-refractivity contribution is 5.81. The molecule has 6 heteroatoms. The van der Waals surface area contributed by atoms with Crippen molar-refractivity contribution in [2.24, 2.45) is 5.92 Å². The van der Waals surface area contributed by atoms with Crippen molar-refractivity contribution in [1.29, 1.82) is 0 Å². The lowest BCUT2D eigenvalue weighted by atomic mass is 9.89. The van der Waals surface area contributed by atoms with E-state index in [-0.39, 0.29) is 24.3 Å². The highest BCUT2D eigenvalue weighted by atomic mass is 16.5. The van der Waals surface area contributed by atoms with Crippen LogP contribution in [-0.2, 0) is 14.3 Å². The number of piperidine rings is 1. The van der Waals surface area contributed by atoms with Crippen LogP contribution in [0.5, 0.6) is 0 Å². The van der Waals surface area contributed by atoms with E-state index in [0.717, 1.165) is 19.4 Å². The van der Waals surface area contributed by atoms with Crippen molar-refractivity contribution in [2.45, 2.75) is 38.1 Å². The van der Waals surface area contributed by atoms with Gasteiger partial charge in [0.05, 0.1) is 18.1 Å². The first kappa shape index (κ1) is 15.3. The summed E-state index contributed by atoms with van der Waals surface area (Å²) in [5, 5.41) is 12.6. The summed E-state index contributed by atoms with van der Waals surface area (Å²) < 4.78 is 5.29. The summed E-state index contributed by atoms with van der Waals surface area (Å²) >= 11 is 0. The Balaban J connectivity index is 1.94. The Hall–Kier alpha value is -1.14. The van der Waals surface area contributed by atoms with E-state index >= 15 is 0 Å². The minimum Gasteiger partial charge on any atom is -0.394 e. The fourth-order valence-electron chi connectivity index (χ4n) is 2.93. The van der Waals surface area contributed by atoms with Gasteiger partial charge in [-0.05, 0) is 25.7 Å². The van der Waals surface area contributed by atoms with Crippen LogP contribution < -0.4 is 5.32 Å². The van der Waals surface area contributed by atoms with Crippen molar-refractivity contribution in [3.8, 4) is 0 Å². The van der Waals surface area contributed by atoms with E-state index in [1.54, 1.807) is 4.90 Å². The number of ether oxygens (including phenoxy) is 1. The Morgan fingerprint density at radius 3 is 2.70 bits per heavy atom. The molecule has 2 amide bonds. The van der Waals surface area contributed by atoms with Gasteiger partial charge >= 0.3 is 0 Å². The summed E-state index contributed by atoms with van der Waals surface area (Å²) in [6.07, 6.45) is 2.93. The van der Waals surface area contributed by atoms with E-state index in [1.807, 2.05) is 0 Å². The molecule has 1 unspecified atom stereocenters. The number of nitrogens with one attached hydrogen (secondary N) is 1. The number of rotatable bonds is 3. The summed E-state index contributed by atoms with van der Waals surface area (Å²) in [5.74, 6) is -0.198. The molecule has 0 aromatic carbocycles. The Labute approximate surface area is 119 Å². The van der Waals surface area contributed by atoms with Gasteiger partial charge in [0.25, 0.3) is 0 Å². The molecule has 0 aromatic rings. The molecule has 2 N–H and O–H groups in total. The zero-order valence-corrected chi connectivity index (χ0v) is 12.1. The van der Waals surface area contributed by atoms with Gasteiger partial charge in [-0.25, -0.2) is 0 Å². The molecular weight excluding hydrogens is 260 g/mol. The number of carbonyl (C=O) groups is 2. The third kappa shape index (κ3) is 3.49. The normalized spacial score (nSPS) is 26.1. The van der Waals surface area contributed by atoms with Crippen LogP contribution in [0.2, 0.25) is 0 Å². The van der Waals surface area contributed by atoms with E-state index in [4.69, 9.17) is 4.74 Å². The van der Waals surface area contributed by atoms with Crippen molar-refractivity contribution in [2.75, 3.05) is 32.9 Å². The molecule has 0 aliphatic carbocycles. The van der Waals surface area contributed by atoms with Gasteiger partial charge in [0.2, 0.25) is 11.8 Å². The van der Waals surface area contributed by atoms with Gasteiger partial charge in [-0.2, -0.15) is 0 Å². The summed E-state index contributed by atoms with van der Waals surface area (Å²) in [5.41, 5.74) is -0.548. The Bertz CT molecular complexity index is 366. The van der Waals surface area contributed by atoms with Gasteiger partial charge in [0, 0.05) is 33.2 Å². The van der Waals surface area contributed by atoms with Crippen LogP contribution in [0, 0.1) is 5.92 Å². The molecule has 0 saturated carbocycles. The molecule has 2 aliphatic rings. The standard InChI is InChI=1S/C14H24N2O4/c1-11(18)16-6-2-3-12(9-16)13(19)15-14(10-17)4-7-20-8-5-14/h12,17H,2-10H2,1H3,(H,15,19). The number of aliphatic hydroxyl groups excluding tert-OH is 1. The number of aliphatic hydroxyl groups is 1. The van der Waals surface area contributed by atoms with Crippen LogP contribution in [0.1, 0.15) is 32.6 Å². The lowest BCUT2D eigenvalue weighted by molar-refractivity contribution is -0.135. The predicted octanol–water partition coefficient (Wildman–Crippen LogP) is -0.0974. The minimum atomic E-state index is -0.548. The fourth-order valence-corrected chi connectivity index (χ4v) is 2.93. The first-order chi connectivity index (χ1) is 9.56. The molecular formula is C14H24N2O4. The molecule has 2 heterocycles. The largest absolute Gasteiger partial charge is 0.394 e. The smallest absolute Gasteiger partial charge is 0.225 e. The molecule has 0 bridgehead atoms. The van der Waals surface area contributed by atoms with E-state index in [1.165, 1.54) is 6.92 Å². The van der Waals surface area contributed by atoms with Crippen LogP contribution in [0.3, 0.4) is 0 Å². The van der Waals surface area contributed by atoms with Crippen LogP contribution >= 0.6 is 0 Å². The fraction of sp³-hybridized carbons (Fsp3) is 0.857. The maximum absolute atomic E-state index is 12.4. The molecule has 114 valence electrons. The number of carbonyl (C=O) groups excluding carboxylic acids is 2. The first-order valence-electron chi connectivity index (χ1n) is 7.32. The Morgan fingerprint density at radius 1 is 1.40 bits per heavy atom. The number of amides is 2. The first-order valence-corrected chi connectivity index (χ1v) is 7.32. The molecule has 6 nitrogen and oxygen atoms in total. The molecule has 2 saturated heterocycles. The Kier molecular flexibility index (Phi) is 4.99. The summed E-state index contributed by atoms with van der Waals surface area (Å²) in [6, 6.07) is 0. The zero-order chi connectivity index (χ0) is 14.6. The summed E-state index contributed by atoms with van der Waals surface area (Å²) in [7, 11) is 0. The molecule has 0 radical (unpaired) electrons. The van der Waals surface area contributed by atoms with Crippen molar-refractivity contribution in [3.63, 3.8) is 0 Å². The third-order valence-electron chi connectivity index (χ3n) is 4.38. The molecule has 0 spiro atoms. The van der Waals surface area contributed by atoms with Gasteiger partial charge in [-0.3, -0.25) is 9.59 Å². The topological polar surface area (TPSA) is 78.9 Å². The van der Waals surface area contributed by atoms with Crippen molar-refractivity contribution >= 4 is 11.8 Å². The average molecular weight is 284 g/mol. The highest BCUT2D eigenvalue weighted by Crippen LogP contribution is 2.23. The predicted molar refractivity (Wildman–Crippen MR) is 73.0 cm³/mol. The second kappa shape index (κ2) is 6.54. The quantitative estimate of drug-likeness (QED) is 0.759. The van der Waals surface area contributed by atoms with Crippen LogP contribution in [0.4, 0.5) is 0 Å².